The number of aliphatic hydroxyl groups is 11. The number of esters is 2. The van der Waals surface area contributed by atoms with Gasteiger partial charge < -0.3 is 137 Å². The van der Waals surface area contributed by atoms with Crippen molar-refractivity contribution in [1.82, 2.24) is 0 Å². The molecule has 38 atom stereocenters. The third-order valence-electron chi connectivity index (χ3n) is 24.4. The summed E-state index contributed by atoms with van der Waals surface area (Å²) in [6.07, 6.45) is -27.9. The van der Waals surface area contributed by atoms with Crippen molar-refractivity contribution < 1.29 is 146 Å². The summed E-state index contributed by atoms with van der Waals surface area (Å²) in [6.45, 7) is 16.3. The summed E-state index contributed by atoms with van der Waals surface area (Å²) >= 11 is 0. The maximum absolute atomic E-state index is 13.1. The molecule has 0 aromatic carbocycles. The van der Waals surface area contributed by atoms with Crippen LogP contribution in [-0.2, 0) is 90.1 Å². The number of hydrogen-bond acceptors (Lipinski definition) is 30. The van der Waals surface area contributed by atoms with E-state index in [4.69, 9.17) is 80.5 Å². The van der Waals surface area contributed by atoms with E-state index in [1.807, 2.05) is 27.7 Å². The molecule has 10 aliphatic rings. The summed E-state index contributed by atoms with van der Waals surface area (Å²) in [6, 6.07) is 0. The Balaban J connectivity index is 0.689. The van der Waals surface area contributed by atoms with Crippen LogP contribution in [0.2, 0.25) is 0 Å². The summed E-state index contributed by atoms with van der Waals surface area (Å²) in [5.74, 6) is -1.31. The topological polar surface area (TPSA) is 414 Å². The number of carbonyl (C=O) groups excluding carboxylic acids is 2. The van der Waals surface area contributed by atoms with Gasteiger partial charge in [0.2, 0.25) is 0 Å². The maximum atomic E-state index is 13.1. The van der Waals surface area contributed by atoms with Crippen molar-refractivity contribution in [3.8, 4) is 0 Å². The first-order chi connectivity index (χ1) is 45.8. The zero-order valence-electron chi connectivity index (χ0n) is 58.2. The zero-order chi connectivity index (χ0) is 70.7. The Labute approximate surface area is 567 Å². The van der Waals surface area contributed by atoms with Gasteiger partial charge in [-0.05, 0) is 116 Å². The van der Waals surface area contributed by atoms with E-state index in [1.165, 1.54) is 21.1 Å². The first-order valence-corrected chi connectivity index (χ1v) is 35.1. The van der Waals surface area contributed by atoms with Crippen LogP contribution in [0.15, 0.2) is 0 Å². The number of ether oxygens (including phenoxy) is 17. The fourth-order valence-corrected chi connectivity index (χ4v) is 18.3. The number of fused-ring (bicyclic) bond motifs is 5. The van der Waals surface area contributed by atoms with Gasteiger partial charge >= 0.3 is 11.9 Å². The molecule has 1 unspecified atom stereocenters. The smallest absolute Gasteiger partial charge is 0.309 e. The van der Waals surface area contributed by atoms with Gasteiger partial charge in [0.15, 0.2) is 37.7 Å². The molecular formula is C67H112O30. The van der Waals surface area contributed by atoms with Crippen LogP contribution in [0.3, 0.4) is 0 Å². The molecule has 6 aliphatic heterocycles. The highest BCUT2D eigenvalue weighted by molar-refractivity contribution is 5.72. The zero-order valence-corrected chi connectivity index (χ0v) is 58.2. The molecular weight excluding hydrogens is 1280 g/mol. The van der Waals surface area contributed by atoms with Crippen molar-refractivity contribution in [2.45, 2.75) is 342 Å². The van der Waals surface area contributed by atoms with Crippen molar-refractivity contribution in [1.29, 1.82) is 0 Å². The van der Waals surface area contributed by atoms with Crippen molar-refractivity contribution in [2.24, 2.45) is 34.5 Å². The third kappa shape index (κ3) is 14.7. The Hall–Kier alpha value is -2.10. The van der Waals surface area contributed by atoms with Gasteiger partial charge in [-0.2, -0.15) is 0 Å². The highest BCUT2D eigenvalue weighted by atomic mass is 16.8. The Kier molecular flexibility index (Phi) is 25.0. The standard InChI is InChI=1S/C67H112O30/c1-14-28(2)60(78)88-33(7)66(79)19-20-67(80)37-16-15-35-21-36(17-18-64(35,9)38(37)22-44(65(66,67)10)89-34(8)70)90-45-23-39(71)54(29(3)84-45)93-46-24-40(81-11)55(30(4)85-46)94-47-25-41(82-12)56(31(5)86-47)95-63-53(77)59(83-13)57(32(6)87-63)96-62-52(76)50(74)58(43(27-69)92-62)97-61-51(75)49(73)48(72)42(26-68)91-61/h28-33,35-59,61-63,68-69,71-77,79-80H,14-27H2,1-13H3/t28?,29-,30-,31-,32-,33+,35+,36+,37-,38+,39+,40+,41-,42-,43-,44-,45+,46+,47+,48-,49+,50-,51-,52-,53-,54-,55-,56-,57-,58-,59-,61+,62+,63+,64+,65-,66-,67+/m1/s1. The minimum absolute atomic E-state index is 0.0336. The lowest BCUT2D eigenvalue weighted by molar-refractivity contribution is -0.385. The van der Waals surface area contributed by atoms with E-state index < -0.39 is 220 Å². The van der Waals surface area contributed by atoms with Crippen LogP contribution >= 0.6 is 0 Å². The molecule has 30 heteroatoms. The number of carbonyl (C=O) groups is 2. The quantitative estimate of drug-likeness (QED) is 0.0496. The SMILES string of the molecule is CCC(C)C(=O)O[C@@H](C)[C@]1(O)CC[C@]2(O)[C@@H]3CC[C@H]4C[C@@H](O[C@H]5C[C@H](O)[C@H](O[C@H]6C[C@H](OC)[C@H](O[C@H]7C[C@@H](OC)[C@H](O[C@@H]8O[C@H](C)[C@@H](O[C@@H]9O[C@H](CO)[C@@H](O[C@@H]%10O[C@H](CO)[C@@H](O)[C@H](O)[C@H]%10O)[C@H](O)[C@H]9O)[C@H](OC)[C@H]8O)[C@@H](C)O7)[C@@H](C)O6)[C@@H](C)O5)CC[C@]4(C)[C@H]3C[C@@H](OC(C)=O)[C@]12C. The molecule has 30 nitrogen and oxygen atoms in total. The molecule has 0 aromatic rings. The van der Waals surface area contributed by atoms with E-state index in [2.05, 4.69) is 6.92 Å². The van der Waals surface area contributed by atoms with Crippen LogP contribution in [0.4, 0.5) is 0 Å². The molecule has 560 valence electrons. The van der Waals surface area contributed by atoms with E-state index in [9.17, 15) is 65.8 Å². The van der Waals surface area contributed by atoms with Crippen molar-refractivity contribution >= 4 is 11.9 Å². The van der Waals surface area contributed by atoms with Crippen molar-refractivity contribution in [2.75, 3.05) is 34.5 Å². The average Bonchev–Trinajstić information content (AvgIpc) is 1.66. The molecule has 6 heterocycles. The number of hydrogen-bond donors (Lipinski definition) is 11. The second-order valence-electron chi connectivity index (χ2n) is 29.7. The molecule has 0 bridgehead atoms. The lowest BCUT2D eigenvalue weighted by Crippen LogP contribution is -2.72. The molecule has 6 saturated heterocycles. The van der Waals surface area contributed by atoms with Gasteiger partial charge in [-0.25, -0.2) is 0 Å². The van der Waals surface area contributed by atoms with Crippen LogP contribution < -0.4 is 0 Å². The molecule has 97 heavy (non-hydrogen) atoms. The molecule has 4 aliphatic carbocycles. The van der Waals surface area contributed by atoms with Crippen molar-refractivity contribution in [3.05, 3.63) is 0 Å². The highest BCUT2D eigenvalue weighted by Crippen LogP contribution is 2.71. The van der Waals surface area contributed by atoms with Crippen LogP contribution in [-0.4, -0.2) is 298 Å². The predicted octanol–water partition coefficient (Wildman–Crippen LogP) is -0.139. The van der Waals surface area contributed by atoms with E-state index in [-0.39, 0.29) is 67.3 Å². The number of rotatable bonds is 22. The van der Waals surface area contributed by atoms with Gasteiger partial charge in [-0.3, -0.25) is 9.59 Å². The van der Waals surface area contributed by atoms with E-state index >= 15 is 0 Å². The maximum Gasteiger partial charge on any atom is 0.309 e. The Morgan fingerprint density at radius 3 is 1.64 bits per heavy atom. The lowest BCUT2D eigenvalue weighted by Gasteiger charge is -2.66. The van der Waals surface area contributed by atoms with Gasteiger partial charge in [0.1, 0.15) is 103 Å². The summed E-state index contributed by atoms with van der Waals surface area (Å²) in [7, 11) is 4.38. The molecule has 0 radical (unpaired) electrons. The lowest BCUT2D eigenvalue weighted by atomic mass is 9.42. The normalized spacial score (nSPS) is 51.7. The minimum Gasteiger partial charge on any atom is -0.462 e. The van der Waals surface area contributed by atoms with Gasteiger partial charge in [0.05, 0.1) is 79.0 Å². The second kappa shape index (κ2) is 31.3. The van der Waals surface area contributed by atoms with Crippen LogP contribution in [0, 0.1) is 34.5 Å². The summed E-state index contributed by atoms with van der Waals surface area (Å²) < 4.78 is 105. The van der Waals surface area contributed by atoms with Crippen molar-refractivity contribution in [3.63, 3.8) is 0 Å². The van der Waals surface area contributed by atoms with Gasteiger partial charge in [0.25, 0.3) is 0 Å². The van der Waals surface area contributed by atoms with E-state index in [0.717, 1.165) is 19.3 Å². The Morgan fingerprint density at radius 1 is 0.526 bits per heavy atom. The minimum atomic E-state index is -1.87. The first-order valence-electron chi connectivity index (χ1n) is 35.1. The van der Waals surface area contributed by atoms with Crippen LogP contribution in [0.1, 0.15) is 146 Å². The third-order valence-corrected chi connectivity index (χ3v) is 24.4. The largest absolute Gasteiger partial charge is 0.462 e. The van der Waals surface area contributed by atoms with Crippen LogP contribution in [0.25, 0.3) is 0 Å². The average molecular weight is 1400 g/mol. The molecule has 10 fully saturated rings. The Morgan fingerprint density at radius 2 is 1.06 bits per heavy atom. The first kappa shape index (κ1) is 77.5. The van der Waals surface area contributed by atoms with Gasteiger partial charge in [0, 0.05) is 47.5 Å². The fraction of sp³-hybridized carbons (Fsp3) is 0.970. The molecule has 4 saturated carbocycles. The van der Waals surface area contributed by atoms with Crippen LogP contribution in [0.5, 0.6) is 0 Å². The highest BCUT2D eigenvalue weighted by Gasteiger charge is 2.77. The summed E-state index contributed by atoms with van der Waals surface area (Å²) in [5, 5.41) is 123. The van der Waals surface area contributed by atoms with Gasteiger partial charge in [-0.15, -0.1) is 0 Å². The second-order valence-corrected chi connectivity index (χ2v) is 29.7. The number of aliphatic hydroxyl groups excluding tert-OH is 9. The fourth-order valence-electron chi connectivity index (χ4n) is 18.3. The molecule has 11 N–H and O–H groups in total. The summed E-state index contributed by atoms with van der Waals surface area (Å²) in [5.41, 5.74) is -4.62. The molecule has 0 spiro atoms. The van der Waals surface area contributed by atoms with E-state index in [1.54, 1.807) is 34.8 Å². The Bertz CT molecular complexity index is 2560. The van der Waals surface area contributed by atoms with Gasteiger partial charge in [-0.1, -0.05) is 27.7 Å². The molecule has 0 amide bonds. The number of methoxy groups -OCH3 is 3. The molecule has 10 rings (SSSR count). The molecule has 0 aromatic heterocycles. The monoisotopic (exact) mass is 1400 g/mol. The predicted molar refractivity (Wildman–Crippen MR) is 330 cm³/mol. The summed E-state index contributed by atoms with van der Waals surface area (Å²) in [4.78, 5) is 25.9. The van der Waals surface area contributed by atoms with E-state index in [0.29, 0.717) is 25.7 Å².